The number of aliphatic hydroxyl groups is 2. The molecule has 3 aromatic rings. The second kappa shape index (κ2) is 23.7. The van der Waals surface area contributed by atoms with Gasteiger partial charge in [0.25, 0.3) is 0 Å². The molecule has 6 rings (SSSR count). The molecule has 8 bridgehead atoms. The smallest absolute Gasteiger partial charge is 0.664 e. The Bertz CT molecular complexity index is 2440. The molecular weight excluding hydrogens is 837 g/mol. The van der Waals surface area contributed by atoms with E-state index < -0.39 is 18.0 Å². The van der Waals surface area contributed by atoms with Crippen LogP contribution in [0.3, 0.4) is 0 Å². The number of esters is 2. The molecule has 3 aromatic heterocycles. The van der Waals surface area contributed by atoms with E-state index in [1.54, 1.807) is 6.08 Å². The molecule has 0 amide bonds. The number of aromatic nitrogens is 3. The number of hydrogen-bond acceptors (Lipinski definition) is 6. The summed E-state index contributed by atoms with van der Waals surface area (Å²) in [6.07, 6.45) is 21.9. The number of methoxy groups -OCH3 is 1. The third kappa shape index (κ3) is 11.9. The molecule has 354 valence electrons. The molecule has 2 N–H and O–H groups in total. The Balaban J connectivity index is 0.00000817. The van der Waals surface area contributed by atoms with E-state index in [9.17, 15) is 19.8 Å². The first-order chi connectivity index (χ1) is 31.1. The molecule has 1 saturated heterocycles. The number of ether oxygens (including phenoxy) is 2. The number of carbonyl (C=O) groups excluding carboxylic acids is 2. The Labute approximate surface area is 410 Å². The summed E-state index contributed by atoms with van der Waals surface area (Å²) in [4.78, 5) is 42.4. The molecule has 3 aliphatic rings. The average Bonchev–Trinajstić information content (AvgIpc) is 4.00. The Kier molecular flexibility index (Phi) is 18.9. The topological polar surface area (TPSA) is 149 Å². The second-order valence-corrected chi connectivity index (χ2v) is 19.7. The van der Waals surface area contributed by atoms with E-state index in [2.05, 4.69) is 55.4 Å². The summed E-state index contributed by atoms with van der Waals surface area (Å²) in [5, 5.41) is 28.7. The van der Waals surface area contributed by atoms with Crippen molar-refractivity contribution in [2.45, 2.75) is 152 Å². The van der Waals surface area contributed by atoms with Gasteiger partial charge in [-0.1, -0.05) is 138 Å². The fourth-order valence-corrected chi connectivity index (χ4v) is 10.3. The Morgan fingerprint density at radius 1 is 0.833 bits per heavy atom. The van der Waals surface area contributed by atoms with Gasteiger partial charge >= 0.3 is 35.0 Å². The fourth-order valence-electron chi connectivity index (χ4n) is 10.3. The summed E-state index contributed by atoms with van der Waals surface area (Å²) < 4.78 is 11.1. The van der Waals surface area contributed by atoms with Gasteiger partial charge in [-0.2, -0.15) is 11.4 Å². The quantitative estimate of drug-likeness (QED) is 0.0489. The fraction of sp³-hybridized carbons (Fsp3) is 0.564. The number of nitrogens with zero attached hydrogens (tertiary/aromatic N) is 4. The summed E-state index contributed by atoms with van der Waals surface area (Å²) in [7, 11) is 1.32. The number of aliphatic hydroxyl groups excluding tert-OH is 2. The summed E-state index contributed by atoms with van der Waals surface area (Å²) >= 11 is 0. The van der Waals surface area contributed by atoms with Gasteiger partial charge in [0.15, 0.2) is 0 Å². The molecular formula is C55H74MgN4O6-2. The molecule has 0 spiro atoms. The third-order valence-corrected chi connectivity index (χ3v) is 14.4. The van der Waals surface area contributed by atoms with E-state index in [4.69, 9.17) is 29.7 Å². The molecule has 66 heavy (non-hydrogen) atoms. The van der Waals surface area contributed by atoms with Crippen LogP contribution in [0, 0.1) is 56.3 Å². The van der Waals surface area contributed by atoms with E-state index in [1.807, 2.05) is 38.2 Å². The minimum Gasteiger partial charge on any atom is -0.664 e. The zero-order chi connectivity index (χ0) is 47.1. The SMILES string of the molecule is CCc1c(C)/c2[n-]/c1=C\c1[n-]c3c(c1C)[C@@H](O)[C@H](C(=O)OC)/C3=C1/[N-]/C(=C\c3[n-]c(c(/C=C/O)c3C)\C=2)[C@@H](C)[C@@H]1CCC(=O)OC/C=C(\C)CCC[C@@H](C)CCC[C@H](C)CCCC(C)C.[Mg+2]. The van der Waals surface area contributed by atoms with Gasteiger partial charge in [0, 0.05) is 6.42 Å². The molecule has 0 aromatic carbocycles. The van der Waals surface area contributed by atoms with Crippen molar-refractivity contribution in [1.29, 1.82) is 0 Å². The van der Waals surface area contributed by atoms with E-state index in [1.165, 1.54) is 57.6 Å². The van der Waals surface area contributed by atoms with Crippen molar-refractivity contribution in [1.82, 2.24) is 15.0 Å². The molecule has 6 atom stereocenters. The van der Waals surface area contributed by atoms with Gasteiger partial charge < -0.3 is 40.0 Å². The summed E-state index contributed by atoms with van der Waals surface area (Å²) in [6.45, 7) is 21.8. The van der Waals surface area contributed by atoms with Gasteiger partial charge in [-0.05, 0) is 106 Å². The van der Waals surface area contributed by atoms with Gasteiger partial charge in [0.05, 0.1) is 19.5 Å². The van der Waals surface area contributed by atoms with Crippen LogP contribution in [0.4, 0.5) is 0 Å². The monoisotopic (exact) mass is 911 g/mol. The van der Waals surface area contributed by atoms with Gasteiger partial charge in [-0.3, -0.25) is 9.59 Å². The van der Waals surface area contributed by atoms with Crippen LogP contribution >= 0.6 is 0 Å². The van der Waals surface area contributed by atoms with Gasteiger partial charge in [0.2, 0.25) is 0 Å². The van der Waals surface area contributed by atoms with Gasteiger partial charge in [0.1, 0.15) is 12.5 Å². The normalized spacial score (nSPS) is 22.8. The van der Waals surface area contributed by atoms with E-state index >= 15 is 0 Å². The molecule has 0 radical (unpaired) electrons. The molecule has 1 fully saturated rings. The number of carbonyl (C=O) groups is 2. The first-order valence-corrected chi connectivity index (χ1v) is 24.3. The maximum atomic E-state index is 13.7. The van der Waals surface area contributed by atoms with Crippen molar-refractivity contribution in [3.63, 3.8) is 0 Å². The van der Waals surface area contributed by atoms with Crippen molar-refractivity contribution >= 4 is 64.9 Å². The maximum Gasteiger partial charge on any atom is 2.00 e. The minimum absolute atomic E-state index is 0. The van der Waals surface area contributed by atoms with Crippen LogP contribution in [0.2, 0.25) is 0 Å². The van der Waals surface area contributed by atoms with Crippen molar-refractivity contribution in [2.24, 2.45) is 35.5 Å². The number of rotatable bonds is 20. The Hall–Kier alpha value is -4.19. The average molecular weight is 912 g/mol. The third-order valence-electron chi connectivity index (χ3n) is 14.4. The first kappa shape index (κ1) is 52.8. The largest absolute Gasteiger partial charge is 2.00 e. The standard InChI is InChI=1S/C55H74N4O6.Mg/c1-12-39-35(7)43-29-47-40(24-26-60)36(8)42(57-47)28-44-37(9)41(52(58-44)50-51(55(63)64-11)54(62)49-38(10)45(59-53(49)50)30-46(39)56-43)22-23-48(61)65-27-25-34(6)21-15-20-33(5)19-14-18-32(4)17-13-16-31(2)3;/h24-26,28-33,37,41,51,54,60,62H,12-23,27H2,1-11H3;/q-4;+2/b26-24+,34-25+,43-29-,44-28-,46-30-,52-50-;/t32-,33+,37+,41+,51-,54-;/m1./s1. The molecule has 2 aliphatic heterocycles. The maximum absolute atomic E-state index is 13.7. The predicted molar refractivity (Wildman–Crippen MR) is 267 cm³/mol. The van der Waals surface area contributed by atoms with Crippen molar-refractivity contribution < 1.29 is 29.3 Å². The summed E-state index contributed by atoms with van der Waals surface area (Å²) in [5.41, 5.74) is 10.7. The molecule has 0 unspecified atom stereocenters. The van der Waals surface area contributed by atoms with Crippen molar-refractivity contribution in [3.05, 3.63) is 101 Å². The first-order valence-electron chi connectivity index (χ1n) is 24.3. The van der Waals surface area contributed by atoms with Crippen LogP contribution in [-0.4, -0.2) is 58.9 Å². The Morgan fingerprint density at radius 3 is 2.14 bits per heavy atom. The van der Waals surface area contributed by atoms with Crippen LogP contribution in [0.5, 0.6) is 0 Å². The van der Waals surface area contributed by atoms with Crippen molar-refractivity contribution in [2.75, 3.05) is 13.7 Å². The molecule has 5 heterocycles. The van der Waals surface area contributed by atoms with Crippen LogP contribution in [0.25, 0.3) is 35.2 Å². The van der Waals surface area contributed by atoms with Crippen LogP contribution in [0.1, 0.15) is 181 Å². The van der Waals surface area contributed by atoms with Crippen LogP contribution < -0.4 is 25.7 Å². The zero-order valence-corrected chi connectivity index (χ0v) is 43.1. The number of fused-ring (bicyclic) bond motifs is 7. The van der Waals surface area contributed by atoms with Gasteiger partial charge in [-0.15, -0.1) is 33.5 Å². The minimum atomic E-state index is -1.20. The van der Waals surface area contributed by atoms with E-state index in [0.717, 1.165) is 81.6 Å². The second-order valence-electron chi connectivity index (χ2n) is 19.7. The molecule has 11 heteroatoms. The number of allylic oxidation sites excluding steroid dienone is 3. The van der Waals surface area contributed by atoms with E-state index in [-0.39, 0.29) is 53.9 Å². The summed E-state index contributed by atoms with van der Waals surface area (Å²) in [5.74, 6) is -0.121. The molecule has 1 aliphatic carbocycles. The van der Waals surface area contributed by atoms with Crippen molar-refractivity contribution in [3.8, 4) is 0 Å². The van der Waals surface area contributed by atoms with Crippen LogP contribution in [-0.2, 0) is 25.5 Å². The molecule has 10 nitrogen and oxygen atoms in total. The van der Waals surface area contributed by atoms with Crippen LogP contribution in [0.15, 0.2) is 29.3 Å². The van der Waals surface area contributed by atoms with E-state index in [0.29, 0.717) is 51.9 Å². The zero-order valence-electron chi connectivity index (χ0n) is 41.7. The predicted octanol–water partition coefficient (Wildman–Crippen LogP) is 10.1. The number of hydrogen-bond donors (Lipinski definition) is 2. The van der Waals surface area contributed by atoms with Gasteiger partial charge in [-0.25, -0.2) is 0 Å². The summed E-state index contributed by atoms with van der Waals surface area (Å²) in [6, 6.07) is 0. The molecule has 0 saturated carbocycles. The Morgan fingerprint density at radius 2 is 1.48 bits per heavy atom.